The zero-order chi connectivity index (χ0) is 20.7. The molecule has 0 atom stereocenters. The summed E-state index contributed by atoms with van der Waals surface area (Å²) in [6.45, 7) is 7.12. The second-order valence-corrected chi connectivity index (χ2v) is 8.56. The van der Waals surface area contributed by atoms with Crippen molar-refractivity contribution in [2.24, 2.45) is 0 Å². The lowest BCUT2D eigenvalue weighted by Gasteiger charge is -2.35. The topological polar surface area (TPSA) is 54.3 Å². The summed E-state index contributed by atoms with van der Waals surface area (Å²) in [6.07, 6.45) is 0. The molecule has 0 bridgehead atoms. The van der Waals surface area contributed by atoms with Gasteiger partial charge in [-0.05, 0) is 38.1 Å². The maximum atomic E-state index is 13.0. The Morgan fingerprint density at radius 3 is 2.37 bits per heavy atom. The number of carbonyl (C=O) groups excluding carboxylic acids is 1. The molecule has 0 aliphatic carbocycles. The van der Waals surface area contributed by atoms with Crippen molar-refractivity contribution in [2.45, 2.75) is 13.8 Å². The van der Waals surface area contributed by atoms with Crippen LogP contribution in [-0.4, -0.2) is 51.8 Å². The average molecular weight is 418 g/mol. The van der Waals surface area contributed by atoms with Crippen LogP contribution in [0.1, 0.15) is 21.2 Å². The molecule has 1 fully saturated rings. The minimum Gasteiger partial charge on any atom is -0.365 e. The van der Waals surface area contributed by atoms with Crippen molar-refractivity contribution in [1.82, 2.24) is 19.7 Å². The van der Waals surface area contributed by atoms with Crippen molar-refractivity contribution in [3.05, 3.63) is 71.0 Å². The van der Waals surface area contributed by atoms with Crippen molar-refractivity contribution in [2.75, 3.05) is 31.1 Å². The number of aromatic nitrogens is 3. The van der Waals surface area contributed by atoms with E-state index in [-0.39, 0.29) is 5.91 Å². The van der Waals surface area contributed by atoms with Crippen LogP contribution in [0, 0.1) is 13.8 Å². The van der Waals surface area contributed by atoms with E-state index in [9.17, 15) is 4.79 Å². The summed E-state index contributed by atoms with van der Waals surface area (Å²) in [7, 11) is 0. The third kappa shape index (κ3) is 3.25. The summed E-state index contributed by atoms with van der Waals surface area (Å²) in [5.41, 5.74) is 5.27. The lowest BCUT2D eigenvalue weighted by molar-refractivity contribution is 0.0746. The molecule has 0 unspecified atom stereocenters. The Balaban J connectivity index is 1.32. The minimum atomic E-state index is 0.0317. The minimum absolute atomic E-state index is 0.0317. The average Bonchev–Trinajstić information content (AvgIpc) is 3.34. The highest BCUT2D eigenvalue weighted by molar-refractivity contribution is 7.20. The molecule has 0 spiro atoms. The maximum absolute atomic E-state index is 13.0. The largest absolute Gasteiger partial charge is 0.365 e. The molecular formula is C23H23N5OS. The predicted octanol–water partition coefficient (Wildman–Crippen LogP) is 4.06. The van der Waals surface area contributed by atoms with Crippen molar-refractivity contribution in [3.8, 4) is 5.69 Å². The molecule has 1 aliphatic heterocycles. The van der Waals surface area contributed by atoms with Gasteiger partial charge in [0.05, 0.1) is 33.0 Å². The Bertz CT molecular complexity index is 1170. The lowest BCUT2D eigenvalue weighted by Crippen LogP contribution is -2.49. The molecule has 1 amide bonds. The molecule has 3 heterocycles. The van der Waals surface area contributed by atoms with Crippen LogP contribution in [0.25, 0.3) is 15.9 Å². The van der Waals surface area contributed by atoms with E-state index < -0.39 is 0 Å². The Hall–Kier alpha value is -3.19. The molecule has 152 valence electrons. The van der Waals surface area contributed by atoms with E-state index >= 15 is 0 Å². The first kappa shape index (κ1) is 18.8. The number of hydrogen-bond acceptors (Lipinski definition) is 5. The zero-order valence-electron chi connectivity index (χ0n) is 17.1. The van der Waals surface area contributed by atoms with Gasteiger partial charge in [0.2, 0.25) is 0 Å². The van der Waals surface area contributed by atoms with Gasteiger partial charge in [-0.3, -0.25) is 4.79 Å². The van der Waals surface area contributed by atoms with Crippen molar-refractivity contribution in [1.29, 1.82) is 0 Å². The molecule has 2 aromatic heterocycles. The summed E-state index contributed by atoms with van der Waals surface area (Å²) in [4.78, 5) is 21.8. The van der Waals surface area contributed by atoms with Gasteiger partial charge in [-0.2, -0.15) is 5.10 Å². The van der Waals surface area contributed by atoms with Gasteiger partial charge in [0.15, 0.2) is 5.01 Å². The number of thiazole rings is 1. The fraction of sp³-hybridized carbons (Fsp3) is 0.261. The standard InChI is InChI=1S/C23H23N5OS/c1-16-21(17(2)28(25-16)18-8-4-3-5-9-18)26-12-14-27(15-13-26)23(29)22-24-19-10-6-7-11-20(19)30-22/h3-11H,12-15H2,1-2H3. The van der Waals surface area contributed by atoms with Crippen LogP contribution in [-0.2, 0) is 0 Å². The van der Waals surface area contributed by atoms with E-state index in [2.05, 4.69) is 35.9 Å². The second-order valence-electron chi connectivity index (χ2n) is 7.53. The third-order valence-corrected chi connectivity index (χ3v) is 6.64. The fourth-order valence-electron chi connectivity index (χ4n) is 4.14. The van der Waals surface area contributed by atoms with Crippen LogP contribution in [0.3, 0.4) is 0 Å². The van der Waals surface area contributed by atoms with Gasteiger partial charge in [-0.1, -0.05) is 30.3 Å². The monoisotopic (exact) mass is 417 g/mol. The molecule has 4 aromatic rings. The molecule has 6 nitrogen and oxygen atoms in total. The van der Waals surface area contributed by atoms with Crippen LogP contribution < -0.4 is 4.90 Å². The summed E-state index contributed by atoms with van der Waals surface area (Å²) in [6, 6.07) is 18.1. The number of fused-ring (bicyclic) bond motifs is 1. The predicted molar refractivity (Wildman–Crippen MR) is 121 cm³/mol. The molecule has 5 rings (SSSR count). The van der Waals surface area contributed by atoms with Crippen LogP contribution in [0.15, 0.2) is 54.6 Å². The molecule has 0 N–H and O–H groups in total. The Morgan fingerprint density at radius 1 is 0.933 bits per heavy atom. The molecule has 30 heavy (non-hydrogen) atoms. The Morgan fingerprint density at radius 2 is 1.63 bits per heavy atom. The van der Waals surface area contributed by atoms with Crippen LogP contribution in [0.2, 0.25) is 0 Å². The van der Waals surface area contributed by atoms with E-state index in [1.54, 1.807) is 0 Å². The van der Waals surface area contributed by atoms with Gasteiger partial charge in [-0.15, -0.1) is 11.3 Å². The molecule has 0 saturated carbocycles. The first-order valence-corrected chi connectivity index (χ1v) is 10.9. The van der Waals surface area contributed by atoms with Crippen LogP contribution in [0.4, 0.5) is 5.69 Å². The van der Waals surface area contributed by atoms with E-state index in [1.807, 2.05) is 52.0 Å². The van der Waals surface area contributed by atoms with E-state index in [4.69, 9.17) is 5.10 Å². The summed E-state index contributed by atoms with van der Waals surface area (Å²) >= 11 is 1.47. The van der Waals surface area contributed by atoms with Gasteiger partial charge in [0, 0.05) is 26.2 Å². The number of rotatable bonds is 3. The smallest absolute Gasteiger partial charge is 0.282 e. The van der Waals surface area contributed by atoms with E-state index in [0.717, 1.165) is 40.4 Å². The van der Waals surface area contributed by atoms with Crippen molar-refractivity contribution < 1.29 is 4.79 Å². The quantitative estimate of drug-likeness (QED) is 0.504. The number of benzene rings is 2. The number of anilines is 1. The molecule has 1 aliphatic rings. The summed E-state index contributed by atoms with van der Waals surface area (Å²) < 4.78 is 3.06. The van der Waals surface area contributed by atoms with E-state index in [1.165, 1.54) is 17.0 Å². The van der Waals surface area contributed by atoms with Gasteiger partial charge in [-0.25, -0.2) is 9.67 Å². The van der Waals surface area contributed by atoms with E-state index in [0.29, 0.717) is 18.1 Å². The number of carbonyl (C=O) groups is 1. The maximum Gasteiger partial charge on any atom is 0.282 e. The SMILES string of the molecule is Cc1nn(-c2ccccc2)c(C)c1N1CCN(C(=O)c2nc3ccccc3s2)CC1. The first-order chi connectivity index (χ1) is 14.6. The van der Waals surface area contributed by atoms with Crippen LogP contribution >= 0.6 is 11.3 Å². The Labute approximate surface area is 179 Å². The number of piperazine rings is 1. The van der Waals surface area contributed by atoms with Gasteiger partial charge < -0.3 is 9.80 Å². The van der Waals surface area contributed by atoms with Crippen molar-refractivity contribution in [3.63, 3.8) is 0 Å². The first-order valence-electron chi connectivity index (χ1n) is 10.1. The molecule has 2 aromatic carbocycles. The summed E-state index contributed by atoms with van der Waals surface area (Å²) in [5.74, 6) is 0.0317. The normalized spacial score (nSPS) is 14.5. The molecule has 7 heteroatoms. The number of amides is 1. The highest BCUT2D eigenvalue weighted by Crippen LogP contribution is 2.28. The summed E-state index contributed by atoms with van der Waals surface area (Å²) in [5, 5.41) is 5.35. The van der Waals surface area contributed by atoms with Gasteiger partial charge in [0.1, 0.15) is 0 Å². The number of nitrogens with zero attached hydrogens (tertiary/aromatic N) is 5. The Kier molecular flexibility index (Phi) is 4.75. The molecule has 1 saturated heterocycles. The third-order valence-electron chi connectivity index (χ3n) is 5.61. The number of aryl methyl sites for hydroxylation is 1. The van der Waals surface area contributed by atoms with Crippen molar-refractivity contribution >= 4 is 33.1 Å². The highest BCUT2D eigenvalue weighted by atomic mass is 32.1. The molecular weight excluding hydrogens is 394 g/mol. The number of hydrogen-bond donors (Lipinski definition) is 0. The molecule has 0 radical (unpaired) electrons. The number of para-hydroxylation sites is 2. The fourth-order valence-corrected chi connectivity index (χ4v) is 5.08. The zero-order valence-corrected chi connectivity index (χ0v) is 17.9. The van der Waals surface area contributed by atoms with Gasteiger partial charge >= 0.3 is 0 Å². The van der Waals surface area contributed by atoms with Crippen LogP contribution in [0.5, 0.6) is 0 Å². The highest BCUT2D eigenvalue weighted by Gasteiger charge is 2.27. The lowest BCUT2D eigenvalue weighted by atomic mass is 10.2. The second kappa shape index (κ2) is 7.57. The van der Waals surface area contributed by atoms with Gasteiger partial charge in [0.25, 0.3) is 5.91 Å².